The zero-order valence-electron chi connectivity index (χ0n) is 14.9. The lowest BCUT2D eigenvalue weighted by atomic mass is 9.98. The van der Waals surface area contributed by atoms with Crippen LogP contribution in [0.1, 0.15) is 29.9 Å². The maximum absolute atomic E-state index is 12.0. The summed E-state index contributed by atoms with van der Waals surface area (Å²) in [5, 5.41) is 0. The van der Waals surface area contributed by atoms with Crippen LogP contribution in [0, 0.1) is 5.92 Å². The average Bonchev–Trinajstić information content (AvgIpc) is 3.05. The minimum Gasteiger partial charge on any atom is -0.446 e. The summed E-state index contributed by atoms with van der Waals surface area (Å²) in [6.45, 7) is 1.24. The highest BCUT2D eigenvalue weighted by molar-refractivity contribution is 5.79. The smallest absolute Gasteiger partial charge is 0.440 e. The van der Waals surface area contributed by atoms with Gasteiger partial charge in [0.1, 0.15) is 6.61 Å². The third-order valence-electron chi connectivity index (χ3n) is 5.13. The number of rotatable bonds is 3. The first-order valence-electron chi connectivity index (χ1n) is 9.13. The molecule has 0 aromatic heterocycles. The fourth-order valence-electron chi connectivity index (χ4n) is 3.74. The number of carbonyl (C=O) groups excluding carboxylic acids is 2. The highest BCUT2D eigenvalue weighted by Crippen LogP contribution is 2.44. The van der Waals surface area contributed by atoms with Gasteiger partial charge in [0.2, 0.25) is 0 Å². The van der Waals surface area contributed by atoms with Crippen LogP contribution in [0.15, 0.2) is 48.5 Å². The zero-order chi connectivity index (χ0) is 18.6. The maximum atomic E-state index is 12.0. The molecule has 0 spiro atoms. The Kier molecular flexibility index (Phi) is 5.07. The molecule has 4 rings (SSSR count). The number of ether oxygens (including phenoxy) is 2. The summed E-state index contributed by atoms with van der Waals surface area (Å²) in [5.74, 6) is -0.728. The summed E-state index contributed by atoms with van der Waals surface area (Å²) >= 11 is 0. The summed E-state index contributed by atoms with van der Waals surface area (Å²) in [6, 6.07) is 16.2. The van der Waals surface area contributed by atoms with Crippen LogP contribution in [0.4, 0.5) is 4.79 Å². The number of amides is 1. The second kappa shape index (κ2) is 7.80. The van der Waals surface area contributed by atoms with Crippen LogP contribution in [-0.4, -0.2) is 31.9 Å². The second-order valence-electron chi connectivity index (χ2n) is 6.74. The van der Waals surface area contributed by atoms with Gasteiger partial charge in [0.25, 0.3) is 0 Å². The van der Waals surface area contributed by atoms with E-state index in [0.717, 1.165) is 22.3 Å². The summed E-state index contributed by atoms with van der Waals surface area (Å²) in [6.07, 6.45) is 0.438. The van der Waals surface area contributed by atoms with E-state index in [4.69, 9.17) is 14.3 Å². The van der Waals surface area contributed by atoms with Crippen LogP contribution in [0.2, 0.25) is 0 Å². The SMILES string of the molecule is O=C(NOC(=O)C1CCOCC1)OCC1c2ccccc2-c2ccccc21. The molecule has 140 valence electrons. The molecule has 0 saturated carbocycles. The Hall–Kier alpha value is -2.86. The van der Waals surface area contributed by atoms with Crippen molar-refractivity contribution < 1.29 is 23.9 Å². The number of benzene rings is 2. The van der Waals surface area contributed by atoms with Crippen molar-refractivity contribution >= 4 is 12.1 Å². The molecule has 0 atom stereocenters. The fourth-order valence-corrected chi connectivity index (χ4v) is 3.74. The third kappa shape index (κ3) is 3.66. The molecule has 27 heavy (non-hydrogen) atoms. The molecule has 1 N–H and O–H groups in total. The molecular weight excluding hydrogens is 346 g/mol. The second-order valence-corrected chi connectivity index (χ2v) is 6.74. The number of hydroxylamine groups is 1. The van der Waals surface area contributed by atoms with Crippen LogP contribution in [0.25, 0.3) is 11.1 Å². The van der Waals surface area contributed by atoms with E-state index in [1.165, 1.54) is 0 Å². The predicted octanol–water partition coefficient (Wildman–Crippen LogP) is 3.41. The van der Waals surface area contributed by atoms with Gasteiger partial charge in [-0.2, -0.15) is 0 Å². The molecule has 6 nitrogen and oxygen atoms in total. The number of carbonyl (C=O) groups is 2. The Morgan fingerprint density at radius 1 is 0.963 bits per heavy atom. The van der Waals surface area contributed by atoms with Crippen LogP contribution >= 0.6 is 0 Å². The van der Waals surface area contributed by atoms with Gasteiger partial charge in [-0.15, -0.1) is 5.48 Å². The van der Waals surface area contributed by atoms with Gasteiger partial charge >= 0.3 is 12.1 Å². The number of nitrogens with one attached hydrogen (secondary N) is 1. The first-order valence-corrected chi connectivity index (χ1v) is 9.13. The quantitative estimate of drug-likeness (QED) is 0.842. The van der Waals surface area contributed by atoms with E-state index in [9.17, 15) is 9.59 Å². The van der Waals surface area contributed by atoms with Crippen molar-refractivity contribution in [3.8, 4) is 11.1 Å². The third-order valence-corrected chi connectivity index (χ3v) is 5.13. The van der Waals surface area contributed by atoms with Crippen molar-refractivity contribution in [3.05, 3.63) is 59.7 Å². The van der Waals surface area contributed by atoms with E-state index >= 15 is 0 Å². The van der Waals surface area contributed by atoms with Crippen molar-refractivity contribution in [2.24, 2.45) is 5.92 Å². The highest BCUT2D eigenvalue weighted by atomic mass is 16.7. The summed E-state index contributed by atoms with van der Waals surface area (Å²) < 4.78 is 10.5. The van der Waals surface area contributed by atoms with Gasteiger partial charge in [0.15, 0.2) is 0 Å². The van der Waals surface area contributed by atoms with Gasteiger partial charge in [-0.3, -0.25) is 0 Å². The van der Waals surface area contributed by atoms with Gasteiger partial charge in [-0.05, 0) is 35.1 Å². The molecule has 1 amide bonds. The van der Waals surface area contributed by atoms with Gasteiger partial charge in [0.05, 0.1) is 5.92 Å². The van der Waals surface area contributed by atoms with E-state index in [2.05, 4.69) is 17.6 Å². The fraction of sp³-hybridized carbons (Fsp3) is 0.333. The van der Waals surface area contributed by atoms with Crippen molar-refractivity contribution in [3.63, 3.8) is 0 Å². The van der Waals surface area contributed by atoms with Crippen LogP contribution in [-0.2, 0) is 19.1 Å². The molecular formula is C21H21NO5. The number of hydrogen-bond donors (Lipinski definition) is 1. The van der Waals surface area contributed by atoms with Gasteiger partial charge in [-0.1, -0.05) is 48.5 Å². The van der Waals surface area contributed by atoms with E-state index in [-0.39, 0.29) is 18.4 Å². The molecule has 2 aliphatic rings. The lowest BCUT2D eigenvalue weighted by Gasteiger charge is -2.20. The highest BCUT2D eigenvalue weighted by Gasteiger charge is 2.29. The minimum absolute atomic E-state index is 0.0330. The van der Waals surface area contributed by atoms with E-state index in [1.807, 2.05) is 36.4 Å². The average molecular weight is 367 g/mol. The number of hydrogen-bond acceptors (Lipinski definition) is 5. The summed E-state index contributed by atoms with van der Waals surface area (Å²) in [4.78, 5) is 28.8. The molecule has 6 heteroatoms. The first kappa shape index (κ1) is 17.5. The van der Waals surface area contributed by atoms with Crippen LogP contribution in [0.3, 0.4) is 0 Å². The van der Waals surface area contributed by atoms with Crippen LogP contribution in [0.5, 0.6) is 0 Å². The standard InChI is InChI=1S/C21H21NO5/c23-20(14-9-11-25-12-10-14)27-22-21(24)26-13-19-17-7-3-1-5-15(17)16-6-2-4-8-18(16)19/h1-8,14,19H,9-13H2,(H,22,24). The molecule has 1 heterocycles. The molecule has 0 radical (unpaired) electrons. The van der Waals surface area contributed by atoms with Gasteiger partial charge in [-0.25, -0.2) is 9.59 Å². The minimum atomic E-state index is -0.766. The van der Waals surface area contributed by atoms with Crippen molar-refractivity contribution in [1.82, 2.24) is 5.48 Å². The Morgan fingerprint density at radius 2 is 1.56 bits per heavy atom. The predicted molar refractivity (Wildman–Crippen MR) is 97.8 cm³/mol. The molecule has 0 bridgehead atoms. The largest absolute Gasteiger partial charge is 0.446 e. The lowest BCUT2D eigenvalue weighted by Crippen LogP contribution is -2.33. The molecule has 1 aliphatic carbocycles. The van der Waals surface area contributed by atoms with Gasteiger partial charge in [0, 0.05) is 19.1 Å². The Balaban J connectivity index is 1.34. The molecule has 1 saturated heterocycles. The summed E-state index contributed by atoms with van der Waals surface area (Å²) in [5.41, 5.74) is 6.68. The molecule has 2 aromatic rings. The van der Waals surface area contributed by atoms with Crippen LogP contribution < -0.4 is 5.48 Å². The normalized spacial score (nSPS) is 16.3. The van der Waals surface area contributed by atoms with E-state index in [0.29, 0.717) is 26.1 Å². The van der Waals surface area contributed by atoms with Crippen molar-refractivity contribution in [2.75, 3.05) is 19.8 Å². The topological polar surface area (TPSA) is 73.9 Å². The monoisotopic (exact) mass is 367 g/mol. The molecule has 1 aliphatic heterocycles. The lowest BCUT2D eigenvalue weighted by molar-refractivity contribution is -0.157. The Labute approximate surface area is 157 Å². The Bertz CT molecular complexity index is 798. The zero-order valence-corrected chi connectivity index (χ0v) is 14.9. The summed E-state index contributed by atoms with van der Waals surface area (Å²) in [7, 11) is 0. The van der Waals surface area contributed by atoms with E-state index < -0.39 is 12.1 Å². The molecule has 2 aromatic carbocycles. The molecule has 0 unspecified atom stereocenters. The van der Waals surface area contributed by atoms with Crippen molar-refractivity contribution in [2.45, 2.75) is 18.8 Å². The van der Waals surface area contributed by atoms with E-state index in [1.54, 1.807) is 0 Å². The molecule has 1 fully saturated rings. The first-order chi connectivity index (χ1) is 13.2. The van der Waals surface area contributed by atoms with Gasteiger partial charge < -0.3 is 14.3 Å². The maximum Gasteiger partial charge on any atom is 0.440 e. The van der Waals surface area contributed by atoms with Crippen molar-refractivity contribution in [1.29, 1.82) is 0 Å². The Morgan fingerprint density at radius 3 is 2.19 bits per heavy atom. The number of fused-ring (bicyclic) bond motifs is 3.